The van der Waals surface area contributed by atoms with Gasteiger partial charge in [0.15, 0.2) is 0 Å². The lowest BCUT2D eigenvalue weighted by atomic mass is 10.3. The minimum Gasteiger partial charge on any atom is -0.191 e. The summed E-state index contributed by atoms with van der Waals surface area (Å²) in [7, 11) is 0. The zero-order valence-electron chi connectivity index (χ0n) is 4.86. The van der Waals surface area contributed by atoms with Crippen LogP contribution in [0.15, 0.2) is 12.1 Å². The van der Waals surface area contributed by atoms with E-state index in [0.29, 0.717) is 5.56 Å². The summed E-state index contributed by atoms with van der Waals surface area (Å²) < 4.78 is 24.2. The summed E-state index contributed by atoms with van der Waals surface area (Å²) in [6.07, 6.45) is 0. The van der Waals surface area contributed by atoms with Crippen molar-refractivity contribution in [2.24, 2.45) is 0 Å². The molecule has 1 nitrogen and oxygen atoms in total. The summed E-state index contributed by atoms with van der Waals surface area (Å²) in [6, 6.07) is 2.34. The molecule has 0 aromatic carbocycles. The average Bonchev–Trinajstić information content (AvgIpc) is 1.59. The van der Waals surface area contributed by atoms with Gasteiger partial charge in [-0.2, -0.15) is 13.8 Å². The van der Waals surface area contributed by atoms with Crippen LogP contribution in [0.1, 0.15) is 5.56 Å². The molecule has 0 spiro atoms. The lowest BCUT2D eigenvalue weighted by molar-refractivity contribution is 0.511. The van der Waals surface area contributed by atoms with Crippen molar-refractivity contribution in [3.63, 3.8) is 0 Å². The van der Waals surface area contributed by atoms with Gasteiger partial charge in [-0.25, -0.2) is 0 Å². The Morgan fingerprint density at radius 3 is 2.00 bits per heavy atom. The first-order valence-corrected chi connectivity index (χ1v) is 2.48. The van der Waals surface area contributed by atoms with Crippen LogP contribution in [-0.4, -0.2) is 4.98 Å². The highest BCUT2D eigenvalue weighted by molar-refractivity contribution is 5.08. The Morgan fingerprint density at radius 2 is 1.67 bits per heavy atom. The van der Waals surface area contributed by atoms with Crippen molar-refractivity contribution in [1.29, 1.82) is 0 Å². The molecular weight excluding hydrogens is 124 g/mol. The van der Waals surface area contributed by atoms with Gasteiger partial charge in [0.25, 0.3) is 0 Å². The van der Waals surface area contributed by atoms with Crippen molar-refractivity contribution in [3.05, 3.63) is 29.6 Å². The second-order valence-electron chi connectivity index (χ2n) is 1.79. The van der Waals surface area contributed by atoms with Gasteiger partial charge in [-0.1, -0.05) is 0 Å². The molecule has 0 atom stereocenters. The Hall–Kier alpha value is -0.990. The lowest BCUT2D eigenvalue weighted by Gasteiger charge is -1.90. The van der Waals surface area contributed by atoms with Crippen molar-refractivity contribution in [2.75, 3.05) is 0 Å². The highest BCUT2D eigenvalue weighted by Crippen LogP contribution is 2.00. The molecule has 1 rings (SSSR count). The highest BCUT2D eigenvalue weighted by atomic mass is 19.1. The molecule has 0 aliphatic carbocycles. The molecule has 1 aromatic rings. The molecule has 0 fully saturated rings. The van der Waals surface area contributed by atoms with E-state index in [2.05, 4.69) is 4.98 Å². The molecule has 0 saturated heterocycles. The third-order valence-corrected chi connectivity index (χ3v) is 0.907. The van der Waals surface area contributed by atoms with Crippen molar-refractivity contribution < 1.29 is 8.78 Å². The Bertz CT molecular complexity index is 172. The van der Waals surface area contributed by atoms with Crippen molar-refractivity contribution >= 4 is 0 Å². The smallest absolute Gasteiger partial charge is 0.191 e. The average molecular weight is 129 g/mol. The highest BCUT2D eigenvalue weighted by Gasteiger charge is 1.95. The molecule has 9 heavy (non-hydrogen) atoms. The number of hydrogen-bond donors (Lipinski definition) is 0. The molecule has 1 heterocycles. The topological polar surface area (TPSA) is 12.9 Å². The predicted molar refractivity (Wildman–Crippen MR) is 28.9 cm³/mol. The van der Waals surface area contributed by atoms with E-state index in [1.165, 1.54) is 12.1 Å². The fourth-order valence-electron chi connectivity index (χ4n) is 0.584. The molecule has 48 valence electrons. The first-order chi connectivity index (χ1) is 4.18. The lowest BCUT2D eigenvalue weighted by Crippen LogP contribution is -1.87. The molecular formula is C6H5F2N. The van der Waals surface area contributed by atoms with Crippen LogP contribution in [0.4, 0.5) is 8.78 Å². The van der Waals surface area contributed by atoms with Gasteiger partial charge in [0.05, 0.1) is 0 Å². The van der Waals surface area contributed by atoms with Gasteiger partial charge in [-0.15, -0.1) is 0 Å². The van der Waals surface area contributed by atoms with Crippen molar-refractivity contribution in [1.82, 2.24) is 4.98 Å². The van der Waals surface area contributed by atoms with E-state index in [1.807, 2.05) is 0 Å². The summed E-state index contributed by atoms with van der Waals surface area (Å²) in [4.78, 5) is 2.90. The number of rotatable bonds is 0. The van der Waals surface area contributed by atoms with Gasteiger partial charge in [0.1, 0.15) is 0 Å². The second-order valence-corrected chi connectivity index (χ2v) is 1.79. The third kappa shape index (κ3) is 1.45. The molecule has 1 aromatic heterocycles. The quantitative estimate of drug-likeness (QED) is 0.485. The Morgan fingerprint density at radius 1 is 1.22 bits per heavy atom. The summed E-state index contributed by atoms with van der Waals surface area (Å²) in [5.41, 5.74) is 0.542. The molecule has 0 saturated carbocycles. The molecule has 3 heteroatoms. The van der Waals surface area contributed by atoms with Crippen LogP contribution in [0, 0.1) is 18.8 Å². The van der Waals surface area contributed by atoms with Crippen molar-refractivity contribution in [2.45, 2.75) is 6.92 Å². The van der Waals surface area contributed by atoms with Crippen LogP contribution in [0.2, 0.25) is 0 Å². The minimum absolute atomic E-state index is 0.542. The Labute approximate surface area is 51.3 Å². The predicted octanol–water partition coefficient (Wildman–Crippen LogP) is 1.67. The number of aromatic nitrogens is 1. The normalized spacial score (nSPS) is 9.67. The van der Waals surface area contributed by atoms with Gasteiger partial charge in [-0.05, 0) is 24.6 Å². The standard InChI is InChI=1S/C6H5F2N/c1-4-2-5(7)9-6(8)3-4/h2-3H,1H3. The van der Waals surface area contributed by atoms with E-state index in [0.717, 1.165) is 0 Å². The van der Waals surface area contributed by atoms with E-state index >= 15 is 0 Å². The van der Waals surface area contributed by atoms with Crippen LogP contribution >= 0.6 is 0 Å². The largest absolute Gasteiger partial charge is 0.215 e. The molecule has 0 aliphatic heterocycles. The first-order valence-electron chi connectivity index (χ1n) is 2.48. The minimum atomic E-state index is -0.771. The van der Waals surface area contributed by atoms with Gasteiger partial charge < -0.3 is 0 Å². The maximum atomic E-state index is 12.1. The summed E-state index contributed by atoms with van der Waals surface area (Å²) in [5, 5.41) is 0. The van der Waals surface area contributed by atoms with Gasteiger partial charge in [-0.3, -0.25) is 0 Å². The number of hydrogen-bond acceptors (Lipinski definition) is 1. The van der Waals surface area contributed by atoms with Gasteiger partial charge >= 0.3 is 0 Å². The fourth-order valence-corrected chi connectivity index (χ4v) is 0.584. The van der Waals surface area contributed by atoms with Crippen molar-refractivity contribution in [3.8, 4) is 0 Å². The SMILES string of the molecule is Cc1cc(F)nc(F)c1. The van der Waals surface area contributed by atoms with E-state index in [-0.39, 0.29) is 0 Å². The van der Waals surface area contributed by atoms with E-state index in [9.17, 15) is 8.78 Å². The van der Waals surface area contributed by atoms with Gasteiger partial charge in [0, 0.05) is 0 Å². The third-order valence-electron chi connectivity index (χ3n) is 0.907. The fraction of sp³-hybridized carbons (Fsp3) is 0.167. The number of nitrogens with zero attached hydrogens (tertiary/aromatic N) is 1. The van der Waals surface area contributed by atoms with Crippen LogP contribution < -0.4 is 0 Å². The molecule has 0 N–H and O–H groups in total. The maximum Gasteiger partial charge on any atom is 0.215 e. The molecule has 0 unspecified atom stereocenters. The molecule has 0 bridgehead atoms. The van der Waals surface area contributed by atoms with E-state index < -0.39 is 11.9 Å². The number of halogens is 2. The molecule has 0 amide bonds. The summed E-state index contributed by atoms with van der Waals surface area (Å²) in [6.45, 7) is 1.60. The summed E-state index contributed by atoms with van der Waals surface area (Å²) in [5.74, 6) is -1.54. The van der Waals surface area contributed by atoms with Crippen LogP contribution in [0.5, 0.6) is 0 Å². The maximum absolute atomic E-state index is 12.1. The van der Waals surface area contributed by atoms with Crippen LogP contribution in [0.25, 0.3) is 0 Å². The summed E-state index contributed by atoms with van der Waals surface area (Å²) >= 11 is 0. The molecule has 0 aliphatic rings. The Kier molecular flexibility index (Phi) is 1.42. The molecule has 0 radical (unpaired) electrons. The second kappa shape index (κ2) is 2.09. The monoisotopic (exact) mass is 129 g/mol. The van der Waals surface area contributed by atoms with Crippen LogP contribution in [0.3, 0.4) is 0 Å². The zero-order valence-corrected chi connectivity index (χ0v) is 4.86. The number of aryl methyl sites for hydroxylation is 1. The first kappa shape index (κ1) is 6.13. The zero-order chi connectivity index (χ0) is 6.85. The van der Waals surface area contributed by atoms with Crippen LogP contribution in [-0.2, 0) is 0 Å². The Balaban J connectivity index is 3.17. The van der Waals surface area contributed by atoms with E-state index in [1.54, 1.807) is 6.92 Å². The van der Waals surface area contributed by atoms with Gasteiger partial charge in [0.2, 0.25) is 11.9 Å². The van der Waals surface area contributed by atoms with E-state index in [4.69, 9.17) is 0 Å². The number of pyridine rings is 1.